The van der Waals surface area contributed by atoms with Gasteiger partial charge in [-0.3, -0.25) is 0 Å². The summed E-state index contributed by atoms with van der Waals surface area (Å²) in [6, 6.07) is 17.6. The zero-order chi connectivity index (χ0) is 21.3. The van der Waals surface area contributed by atoms with Crippen molar-refractivity contribution < 1.29 is 14.3 Å². The van der Waals surface area contributed by atoms with Crippen molar-refractivity contribution in [2.75, 3.05) is 25.1 Å². The lowest BCUT2D eigenvalue weighted by Crippen LogP contribution is -2.05. The van der Waals surface area contributed by atoms with E-state index in [1.54, 1.807) is 0 Å². The fourth-order valence-corrected chi connectivity index (χ4v) is 3.34. The molecule has 0 aromatic heterocycles. The van der Waals surface area contributed by atoms with Gasteiger partial charge in [0.25, 0.3) is 0 Å². The lowest BCUT2D eigenvalue weighted by Gasteiger charge is -2.08. The van der Waals surface area contributed by atoms with E-state index in [1.165, 1.54) is 51.4 Å². The van der Waals surface area contributed by atoms with E-state index in [1.807, 2.05) is 61.5 Å². The first-order valence-electron chi connectivity index (χ1n) is 11.5. The largest absolute Gasteiger partial charge is 0.494 e. The van der Waals surface area contributed by atoms with Crippen molar-refractivity contribution in [1.82, 2.24) is 0 Å². The molecule has 0 unspecified atom stereocenters. The van der Waals surface area contributed by atoms with Crippen LogP contribution in [0.5, 0.6) is 5.75 Å². The Morgan fingerprint density at radius 1 is 0.767 bits per heavy atom. The molecule has 0 aliphatic carbocycles. The second-order valence-corrected chi connectivity index (χ2v) is 7.57. The topological polar surface area (TPSA) is 47.6 Å². The standard InChI is InChI=1S/C26H37NO3/c1-2-29-26(28)23-17-19-24(20-18-23)27-21-13-8-6-4-3-5-7-9-14-22-30-25-15-11-10-12-16-25/h10-12,15-20,27H,2-9,13-14,21-22H2,1H3. The predicted molar refractivity (Wildman–Crippen MR) is 124 cm³/mol. The molecule has 0 bridgehead atoms. The lowest BCUT2D eigenvalue weighted by molar-refractivity contribution is 0.0526. The molecule has 0 saturated heterocycles. The van der Waals surface area contributed by atoms with Gasteiger partial charge in [-0.15, -0.1) is 0 Å². The minimum absolute atomic E-state index is 0.260. The number of benzene rings is 2. The summed E-state index contributed by atoms with van der Waals surface area (Å²) in [5.41, 5.74) is 1.66. The number of para-hydroxylation sites is 1. The van der Waals surface area contributed by atoms with Crippen molar-refractivity contribution in [3.05, 3.63) is 60.2 Å². The molecule has 2 rings (SSSR count). The van der Waals surface area contributed by atoms with Gasteiger partial charge in [-0.1, -0.05) is 63.1 Å². The molecule has 0 atom stereocenters. The summed E-state index contributed by atoms with van der Waals surface area (Å²) < 4.78 is 10.7. The summed E-state index contributed by atoms with van der Waals surface area (Å²) in [6.45, 7) is 4.02. The number of esters is 1. The van der Waals surface area contributed by atoms with Crippen molar-refractivity contribution >= 4 is 11.7 Å². The summed E-state index contributed by atoms with van der Waals surface area (Å²) in [4.78, 5) is 11.6. The molecule has 4 nitrogen and oxygen atoms in total. The molecule has 0 saturated carbocycles. The van der Waals surface area contributed by atoms with Gasteiger partial charge in [-0.2, -0.15) is 0 Å². The average molecular weight is 412 g/mol. The summed E-state index contributed by atoms with van der Waals surface area (Å²) in [7, 11) is 0. The van der Waals surface area contributed by atoms with E-state index in [0.29, 0.717) is 12.2 Å². The van der Waals surface area contributed by atoms with E-state index >= 15 is 0 Å². The Hall–Kier alpha value is -2.49. The van der Waals surface area contributed by atoms with Crippen LogP contribution >= 0.6 is 0 Å². The van der Waals surface area contributed by atoms with Crippen LogP contribution in [0, 0.1) is 0 Å². The van der Waals surface area contributed by atoms with Gasteiger partial charge in [0.2, 0.25) is 0 Å². The third-order valence-electron chi connectivity index (χ3n) is 5.06. The number of unbranched alkanes of at least 4 members (excludes halogenated alkanes) is 8. The third-order valence-corrected chi connectivity index (χ3v) is 5.06. The van der Waals surface area contributed by atoms with Gasteiger partial charge >= 0.3 is 5.97 Å². The number of carbonyl (C=O) groups excluding carboxylic acids is 1. The van der Waals surface area contributed by atoms with Gasteiger partial charge in [-0.25, -0.2) is 4.79 Å². The van der Waals surface area contributed by atoms with Crippen molar-refractivity contribution in [2.24, 2.45) is 0 Å². The monoisotopic (exact) mass is 411 g/mol. The van der Waals surface area contributed by atoms with Crippen LogP contribution in [0.4, 0.5) is 5.69 Å². The highest BCUT2D eigenvalue weighted by Gasteiger charge is 2.05. The normalized spacial score (nSPS) is 10.6. The smallest absolute Gasteiger partial charge is 0.338 e. The molecule has 0 aliphatic rings. The van der Waals surface area contributed by atoms with Crippen LogP contribution in [0.15, 0.2) is 54.6 Å². The van der Waals surface area contributed by atoms with Crippen molar-refractivity contribution in [1.29, 1.82) is 0 Å². The summed E-state index contributed by atoms with van der Waals surface area (Å²) in [6.07, 6.45) is 11.4. The molecular weight excluding hydrogens is 374 g/mol. The van der Waals surface area contributed by atoms with Crippen LogP contribution in [-0.2, 0) is 4.74 Å². The molecule has 2 aromatic rings. The minimum atomic E-state index is -0.260. The molecule has 2 aromatic carbocycles. The number of carbonyl (C=O) groups is 1. The molecule has 0 radical (unpaired) electrons. The van der Waals surface area contributed by atoms with Gasteiger partial charge in [0.1, 0.15) is 5.75 Å². The Morgan fingerprint density at radius 2 is 1.37 bits per heavy atom. The summed E-state index contributed by atoms with van der Waals surface area (Å²) in [5, 5.41) is 3.42. The molecule has 1 N–H and O–H groups in total. The Kier molecular flexibility index (Phi) is 12.2. The van der Waals surface area contributed by atoms with Gasteiger partial charge in [0.05, 0.1) is 18.8 Å². The first-order valence-corrected chi connectivity index (χ1v) is 11.5. The van der Waals surface area contributed by atoms with Crippen LogP contribution in [0.1, 0.15) is 75.1 Å². The number of ether oxygens (including phenoxy) is 2. The molecule has 0 spiro atoms. The van der Waals surface area contributed by atoms with Crippen LogP contribution in [-0.4, -0.2) is 25.7 Å². The molecule has 0 amide bonds. The fraction of sp³-hybridized carbons (Fsp3) is 0.500. The Labute approximate surface area is 182 Å². The highest BCUT2D eigenvalue weighted by molar-refractivity contribution is 5.89. The second kappa shape index (κ2) is 15.4. The quantitative estimate of drug-likeness (QED) is 0.242. The number of anilines is 1. The van der Waals surface area contributed by atoms with E-state index in [4.69, 9.17) is 9.47 Å². The number of nitrogens with one attached hydrogen (secondary N) is 1. The Balaban J connectivity index is 1.37. The molecule has 0 heterocycles. The summed E-state index contributed by atoms with van der Waals surface area (Å²) >= 11 is 0. The van der Waals surface area contributed by atoms with Crippen LogP contribution in [0.2, 0.25) is 0 Å². The van der Waals surface area contributed by atoms with E-state index in [2.05, 4.69) is 5.32 Å². The highest BCUT2D eigenvalue weighted by Crippen LogP contribution is 2.13. The van der Waals surface area contributed by atoms with Gasteiger partial charge in [-0.05, 0) is 56.2 Å². The van der Waals surface area contributed by atoms with Crippen molar-refractivity contribution in [3.63, 3.8) is 0 Å². The number of rotatable bonds is 16. The van der Waals surface area contributed by atoms with Crippen LogP contribution < -0.4 is 10.1 Å². The maximum Gasteiger partial charge on any atom is 0.338 e. The fourth-order valence-electron chi connectivity index (χ4n) is 3.34. The van der Waals surface area contributed by atoms with Gasteiger partial charge < -0.3 is 14.8 Å². The van der Waals surface area contributed by atoms with Crippen LogP contribution in [0.3, 0.4) is 0 Å². The predicted octanol–water partition coefficient (Wildman–Crippen LogP) is 6.87. The number of hydrogen-bond donors (Lipinski definition) is 1. The molecule has 0 fully saturated rings. The van der Waals surface area contributed by atoms with Gasteiger partial charge in [0.15, 0.2) is 0 Å². The zero-order valence-corrected chi connectivity index (χ0v) is 18.4. The van der Waals surface area contributed by atoms with Crippen LogP contribution in [0.25, 0.3) is 0 Å². The molecular formula is C26H37NO3. The first kappa shape index (κ1) is 23.8. The highest BCUT2D eigenvalue weighted by atomic mass is 16.5. The maximum absolute atomic E-state index is 11.6. The first-order chi connectivity index (χ1) is 14.8. The third kappa shape index (κ3) is 10.3. The Morgan fingerprint density at radius 3 is 2.00 bits per heavy atom. The second-order valence-electron chi connectivity index (χ2n) is 7.57. The van der Waals surface area contributed by atoms with Crippen molar-refractivity contribution in [2.45, 2.75) is 64.7 Å². The Bertz CT molecular complexity index is 685. The van der Waals surface area contributed by atoms with E-state index in [-0.39, 0.29) is 5.97 Å². The molecule has 164 valence electrons. The number of hydrogen-bond acceptors (Lipinski definition) is 4. The summed E-state index contributed by atoms with van der Waals surface area (Å²) in [5.74, 6) is 0.713. The average Bonchev–Trinajstić information content (AvgIpc) is 2.78. The maximum atomic E-state index is 11.6. The minimum Gasteiger partial charge on any atom is -0.494 e. The van der Waals surface area contributed by atoms with E-state index < -0.39 is 0 Å². The lowest BCUT2D eigenvalue weighted by atomic mass is 10.1. The van der Waals surface area contributed by atoms with E-state index in [0.717, 1.165) is 31.0 Å². The van der Waals surface area contributed by atoms with E-state index in [9.17, 15) is 4.79 Å². The molecule has 0 aliphatic heterocycles. The molecule has 4 heteroatoms. The SMILES string of the molecule is CCOC(=O)c1ccc(NCCCCCCCCCCCOc2ccccc2)cc1. The zero-order valence-electron chi connectivity index (χ0n) is 18.4. The molecule has 30 heavy (non-hydrogen) atoms. The van der Waals surface area contributed by atoms with Gasteiger partial charge in [0, 0.05) is 12.2 Å². The van der Waals surface area contributed by atoms with Crippen molar-refractivity contribution in [3.8, 4) is 5.75 Å².